The topological polar surface area (TPSA) is 0 Å². The second kappa shape index (κ2) is 4.79. The number of hydrogen-bond acceptors (Lipinski definition) is 0. The molecule has 0 aliphatic rings. The monoisotopic (exact) mass is 160 g/mol. The Kier molecular flexibility index (Phi) is 4.80. The van der Waals surface area contributed by atoms with Crippen LogP contribution in [0, 0.1) is 5.92 Å². The minimum Gasteiger partial charge on any atom is -0.122 e. The van der Waals surface area contributed by atoms with Crippen LogP contribution >= 0.6 is 11.6 Å². The third-order valence-corrected chi connectivity index (χ3v) is 2.37. The summed E-state index contributed by atoms with van der Waals surface area (Å²) in [6.45, 7) is 10.3. The molecule has 0 aliphatic carbocycles. The average Bonchev–Trinajstić information content (AvgIpc) is 1.87. The lowest BCUT2D eigenvalue weighted by Gasteiger charge is -2.13. The molecule has 0 heterocycles. The highest BCUT2D eigenvalue weighted by Crippen LogP contribution is 2.18. The normalized spacial score (nSPS) is 13.7. The van der Waals surface area contributed by atoms with Crippen molar-refractivity contribution in [2.75, 3.05) is 0 Å². The first-order valence-corrected chi connectivity index (χ1v) is 4.32. The zero-order valence-electron chi connectivity index (χ0n) is 7.15. The lowest BCUT2D eigenvalue weighted by Crippen LogP contribution is -2.07. The largest absolute Gasteiger partial charge is 0.122 e. The van der Waals surface area contributed by atoms with Gasteiger partial charge in [-0.1, -0.05) is 32.9 Å². The summed E-state index contributed by atoms with van der Waals surface area (Å²) in [6, 6.07) is 0. The van der Waals surface area contributed by atoms with E-state index in [4.69, 9.17) is 11.6 Å². The van der Waals surface area contributed by atoms with Gasteiger partial charge in [-0.3, -0.25) is 0 Å². The van der Waals surface area contributed by atoms with Gasteiger partial charge in [0.25, 0.3) is 0 Å². The van der Waals surface area contributed by atoms with Crippen LogP contribution in [0.4, 0.5) is 0 Å². The van der Waals surface area contributed by atoms with Gasteiger partial charge in [0.1, 0.15) is 0 Å². The van der Waals surface area contributed by atoms with Crippen LogP contribution < -0.4 is 0 Å². The van der Waals surface area contributed by atoms with Gasteiger partial charge in [-0.2, -0.15) is 0 Å². The highest BCUT2D eigenvalue weighted by Gasteiger charge is 2.09. The molecule has 0 spiro atoms. The third-order valence-electron chi connectivity index (χ3n) is 1.71. The van der Waals surface area contributed by atoms with Crippen LogP contribution in [0.2, 0.25) is 0 Å². The minimum atomic E-state index is 0.271. The van der Waals surface area contributed by atoms with Crippen molar-refractivity contribution >= 4 is 11.6 Å². The van der Waals surface area contributed by atoms with Crippen molar-refractivity contribution in [2.24, 2.45) is 5.92 Å². The predicted octanol–water partition coefficient (Wildman–Crippen LogP) is 3.61. The SMILES string of the molecule is C=C(CC)CC(Cl)C(C)C. The van der Waals surface area contributed by atoms with E-state index in [1.807, 2.05) is 0 Å². The van der Waals surface area contributed by atoms with Gasteiger partial charge < -0.3 is 0 Å². The number of halogens is 1. The van der Waals surface area contributed by atoms with E-state index in [2.05, 4.69) is 27.4 Å². The summed E-state index contributed by atoms with van der Waals surface area (Å²) in [7, 11) is 0. The fourth-order valence-electron chi connectivity index (χ4n) is 0.656. The van der Waals surface area contributed by atoms with E-state index in [-0.39, 0.29) is 5.38 Å². The molecule has 0 saturated carbocycles. The van der Waals surface area contributed by atoms with E-state index < -0.39 is 0 Å². The molecular weight excluding hydrogens is 144 g/mol. The molecule has 1 atom stereocenters. The summed E-state index contributed by atoms with van der Waals surface area (Å²) in [6.07, 6.45) is 2.02. The fourth-order valence-corrected chi connectivity index (χ4v) is 0.874. The molecule has 60 valence electrons. The van der Waals surface area contributed by atoms with Crippen LogP contribution in [0.15, 0.2) is 12.2 Å². The number of alkyl halides is 1. The molecule has 0 radical (unpaired) electrons. The zero-order chi connectivity index (χ0) is 8.15. The van der Waals surface area contributed by atoms with Crippen molar-refractivity contribution in [3.05, 3.63) is 12.2 Å². The van der Waals surface area contributed by atoms with E-state index in [0.717, 1.165) is 12.8 Å². The van der Waals surface area contributed by atoms with Crippen LogP contribution in [0.25, 0.3) is 0 Å². The first-order valence-electron chi connectivity index (χ1n) is 3.88. The maximum Gasteiger partial charge on any atom is 0.0395 e. The Bertz CT molecular complexity index is 105. The van der Waals surface area contributed by atoms with Gasteiger partial charge in [0.05, 0.1) is 0 Å². The molecule has 0 aromatic rings. The molecular formula is C9H17Cl. The van der Waals surface area contributed by atoms with E-state index in [9.17, 15) is 0 Å². The van der Waals surface area contributed by atoms with E-state index in [1.54, 1.807) is 0 Å². The molecule has 0 bridgehead atoms. The molecule has 0 fully saturated rings. The lowest BCUT2D eigenvalue weighted by molar-refractivity contribution is 0.589. The van der Waals surface area contributed by atoms with Crippen molar-refractivity contribution in [1.82, 2.24) is 0 Å². The van der Waals surface area contributed by atoms with Crippen LogP contribution in [-0.2, 0) is 0 Å². The van der Waals surface area contributed by atoms with Gasteiger partial charge in [0.15, 0.2) is 0 Å². The maximum atomic E-state index is 6.03. The lowest BCUT2D eigenvalue weighted by atomic mass is 10.0. The van der Waals surface area contributed by atoms with Gasteiger partial charge >= 0.3 is 0 Å². The molecule has 1 unspecified atom stereocenters. The maximum absolute atomic E-state index is 6.03. The van der Waals surface area contributed by atoms with E-state index in [1.165, 1.54) is 5.57 Å². The zero-order valence-corrected chi connectivity index (χ0v) is 7.91. The Morgan fingerprint density at radius 2 is 2.00 bits per heavy atom. The molecule has 10 heavy (non-hydrogen) atoms. The molecule has 0 aromatic heterocycles. The molecule has 1 heteroatoms. The van der Waals surface area contributed by atoms with Crippen LogP contribution in [-0.4, -0.2) is 5.38 Å². The second-order valence-corrected chi connectivity index (χ2v) is 3.63. The first-order chi connectivity index (χ1) is 4.57. The van der Waals surface area contributed by atoms with E-state index >= 15 is 0 Å². The van der Waals surface area contributed by atoms with Crippen LogP contribution in [0.5, 0.6) is 0 Å². The van der Waals surface area contributed by atoms with Crippen molar-refractivity contribution in [3.8, 4) is 0 Å². The Hall–Kier alpha value is 0.0300. The van der Waals surface area contributed by atoms with Crippen molar-refractivity contribution in [2.45, 2.75) is 39.0 Å². The summed E-state index contributed by atoms with van der Waals surface area (Å²) in [5, 5.41) is 0.271. The van der Waals surface area contributed by atoms with Crippen LogP contribution in [0.3, 0.4) is 0 Å². The number of rotatable bonds is 4. The number of hydrogen-bond donors (Lipinski definition) is 0. The standard InChI is InChI=1S/C9H17Cl/c1-5-8(4)6-9(10)7(2)3/h7,9H,4-6H2,1-3H3. The Morgan fingerprint density at radius 3 is 2.30 bits per heavy atom. The van der Waals surface area contributed by atoms with Crippen LogP contribution in [0.1, 0.15) is 33.6 Å². The van der Waals surface area contributed by atoms with Gasteiger partial charge in [-0.15, -0.1) is 11.6 Å². The van der Waals surface area contributed by atoms with Crippen molar-refractivity contribution in [3.63, 3.8) is 0 Å². The average molecular weight is 161 g/mol. The molecule has 0 rings (SSSR count). The molecule has 0 amide bonds. The molecule has 0 N–H and O–H groups in total. The third kappa shape index (κ3) is 3.94. The highest BCUT2D eigenvalue weighted by atomic mass is 35.5. The highest BCUT2D eigenvalue weighted by molar-refractivity contribution is 6.20. The van der Waals surface area contributed by atoms with Crippen molar-refractivity contribution < 1.29 is 0 Å². The van der Waals surface area contributed by atoms with Crippen molar-refractivity contribution in [1.29, 1.82) is 0 Å². The van der Waals surface area contributed by atoms with E-state index in [0.29, 0.717) is 5.92 Å². The Labute approximate surface area is 69.3 Å². The number of allylic oxidation sites excluding steroid dienone is 1. The summed E-state index contributed by atoms with van der Waals surface area (Å²) >= 11 is 6.03. The Balaban J connectivity index is 3.57. The minimum absolute atomic E-state index is 0.271. The van der Waals surface area contributed by atoms with Gasteiger partial charge in [-0.25, -0.2) is 0 Å². The molecule has 0 aliphatic heterocycles. The summed E-state index contributed by atoms with van der Waals surface area (Å²) in [5.41, 5.74) is 1.26. The summed E-state index contributed by atoms with van der Waals surface area (Å²) < 4.78 is 0. The smallest absolute Gasteiger partial charge is 0.0395 e. The molecule has 0 saturated heterocycles. The predicted molar refractivity (Wildman–Crippen MR) is 48.5 cm³/mol. The van der Waals surface area contributed by atoms with Gasteiger partial charge in [0.2, 0.25) is 0 Å². The first kappa shape index (κ1) is 10.0. The summed E-state index contributed by atoms with van der Waals surface area (Å²) in [4.78, 5) is 0. The fraction of sp³-hybridized carbons (Fsp3) is 0.778. The van der Waals surface area contributed by atoms with Gasteiger partial charge in [-0.05, 0) is 18.8 Å². The second-order valence-electron chi connectivity index (χ2n) is 3.07. The molecule has 0 nitrogen and oxygen atoms in total. The molecule has 0 aromatic carbocycles. The summed E-state index contributed by atoms with van der Waals surface area (Å²) in [5.74, 6) is 0.560. The Morgan fingerprint density at radius 1 is 1.50 bits per heavy atom. The quantitative estimate of drug-likeness (QED) is 0.436. The van der Waals surface area contributed by atoms with Gasteiger partial charge in [0, 0.05) is 5.38 Å².